The number of aromatic nitrogens is 1. The van der Waals surface area contributed by atoms with Crippen LogP contribution in [0.4, 0.5) is 0 Å². The molecule has 3 aliphatic rings. The first-order valence-electron chi connectivity index (χ1n) is 8.72. The molecule has 0 atom stereocenters. The van der Waals surface area contributed by atoms with E-state index in [-0.39, 0.29) is 24.4 Å². The predicted octanol–water partition coefficient (Wildman–Crippen LogP) is 1.98. The van der Waals surface area contributed by atoms with Crippen molar-refractivity contribution in [1.82, 2.24) is 9.88 Å². The number of Topliss-reactive ketones (excluding diaryl/α,β-unsaturated/α-hetero) is 1. The van der Waals surface area contributed by atoms with Gasteiger partial charge >= 0.3 is 0 Å². The van der Waals surface area contributed by atoms with Crippen LogP contribution in [0, 0.1) is 0 Å². The summed E-state index contributed by atoms with van der Waals surface area (Å²) in [6, 6.07) is 3.58. The molecule has 3 heterocycles. The van der Waals surface area contributed by atoms with Crippen LogP contribution in [0.15, 0.2) is 18.3 Å². The highest BCUT2D eigenvalue weighted by Gasteiger charge is 2.44. The van der Waals surface area contributed by atoms with Crippen LogP contribution in [-0.2, 0) is 9.53 Å². The van der Waals surface area contributed by atoms with Gasteiger partial charge in [-0.05, 0) is 31.4 Å². The summed E-state index contributed by atoms with van der Waals surface area (Å²) >= 11 is 0. The molecule has 0 radical (unpaired) electrons. The Kier molecular flexibility index (Phi) is 4.00. The number of ether oxygens (including phenoxy) is 2. The van der Waals surface area contributed by atoms with Crippen LogP contribution in [0.3, 0.4) is 0 Å². The molecule has 6 heteroatoms. The molecular weight excluding hydrogens is 308 g/mol. The minimum absolute atomic E-state index is 0.0324. The van der Waals surface area contributed by atoms with Gasteiger partial charge in [0.1, 0.15) is 23.7 Å². The molecule has 128 valence electrons. The molecule has 1 spiro atoms. The maximum atomic E-state index is 12.3. The number of amides is 1. The van der Waals surface area contributed by atoms with Gasteiger partial charge in [-0.15, -0.1) is 0 Å². The maximum absolute atomic E-state index is 12.3. The van der Waals surface area contributed by atoms with E-state index in [1.807, 2.05) is 4.90 Å². The van der Waals surface area contributed by atoms with Crippen LogP contribution in [0.2, 0.25) is 0 Å². The number of carbonyl (C=O) groups is 2. The number of piperidine rings is 1. The Morgan fingerprint density at radius 1 is 1.38 bits per heavy atom. The molecule has 2 fully saturated rings. The smallest absolute Gasteiger partial charge is 0.248 e. The molecule has 1 saturated heterocycles. The number of pyridine rings is 1. The van der Waals surface area contributed by atoms with Gasteiger partial charge in [0.05, 0.1) is 12.5 Å². The first-order chi connectivity index (χ1) is 11.7. The lowest BCUT2D eigenvalue weighted by Crippen LogP contribution is -2.53. The van der Waals surface area contributed by atoms with Crippen molar-refractivity contribution in [3.63, 3.8) is 0 Å². The number of carbonyl (C=O) groups excluding carboxylic acids is 2. The van der Waals surface area contributed by atoms with Gasteiger partial charge in [-0.25, -0.2) is 4.98 Å². The highest BCUT2D eigenvalue weighted by Crippen LogP contribution is 2.38. The summed E-state index contributed by atoms with van der Waals surface area (Å²) in [5, 5.41) is 0. The van der Waals surface area contributed by atoms with Crippen LogP contribution in [0.5, 0.6) is 5.75 Å². The molecule has 0 aromatic carbocycles. The van der Waals surface area contributed by atoms with Crippen molar-refractivity contribution in [2.45, 2.75) is 50.2 Å². The standard InChI is InChI=1S/C18H22N2O4/c21-14-11-18(24-15-5-2-8-19-17(14)15)6-9-20(10-7-18)16(22)12-23-13-3-1-4-13/h2,5,8,13H,1,3-4,6-7,9-12H2. The van der Waals surface area contributed by atoms with Gasteiger partial charge < -0.3 is 14.4 Å². The third kappa shape index (κ3) is 2.90. The van der Waals surface area contributed by atoms with Gasteiger partial charge in [0.2, 0.25) is 5.91 Å². The SMILES string of the molecule is O=C1CC2(CCN(C(=O)COC3CCC3)CC2)Oc2cccnc21. The van der Waals surface area contributed by atoms with E-state index in [1.165, 1.54) is 6.42 Å². The summed E-state index contributed by atoms with van der Waals surface area (Å²) < 4.78 is 11.7. The summed E-state index contributed by atoms with van der Waals surface area (Å²) in [7, 11) is 0. The van der Waals surface area contributed by atoms with Crippen molar-refractivity contribution < 1.29 is 19.1 Å². The summed E-state index contributed by atoms with van der Waals surface area (Å²) in [5.74, 6) is 0.646. The second-order valence-electron chi connectivity index (χ2n) is 6.98. The molecule has 1 saturated carbocycles. The lowest BCUT2D eigenvalue weighted by Gasteiger charge is -2.43. The van der Waals surface area contributed by atoms with Crippen molar-refractivity contribution >= 4 is 11.7 Å². The number of fused-ring (bicyclic) bond motifs is 1. The molecule has 1 aromatic rings. The molecule has 1 aliphatic carbocycles. The molecule has 0 unspecified atom stereocenters. The number of hydrogen-bond acceptors (Lipinski definition) is 5. The Morgan fingerprint density at radius 3 is 2.88 bits per heavy atom. The monoisotopic (exact) mass is 330 g/mol. The van der Waals surface area contributed by atoms with Crippen LogP contribution < -0.4 is 4.74 Å². The van der Waals surface area contributed by atoms with Crippen molar-refractivity contribution in [3.05, 3.63) is 24.0 Å². The van der Waals surface area contributed by atoms with Crippen LogP contribution in [0.1, 0.15) is 49.0 Å². The van der Waals surface area contributed by atoms with E-state index >= 15 is 0 Å². The zero-order chi connectivity index (χ0) is 16.6. The fourth-order valence-corrected chi connectivity index (χ4v) is 3.59. The minimum atomic E-state index is -0.487. The first-order valence-corrected chi connectivity index (χ1v) is 8.72. The van der Waals surface area contributed by atoms with Crippen molar-refractivity contribution in [2.75, 3.05) is 19.7 Å². The van der Waals surface area contributed by atoms with E-state index in [1.54, 1.807) is 18.3 Å². The third-order valence-corrected chi connectivity index (χ3v) is 5.37. The highest BCUT2D eigenvalue weighted by molar-refractivity contribution is 5.98. The van der Waals surface area contributed by atoms with Crippen molar-refractivity contribution in [3.8, 4) is 5.75 Å². The van der Waals surface area contributed by atoms with Crippen LogP contribution >= 0.6 is 0 Å². The zero-order valence-corrected chi connectivity index (χ0v) is 13.7. The Labute approximate surface area is 141 Å². The van der Waals surface area contributed by atoms with E-state index in [0.717, 1.165) is 12.8 Å². The van der Waals surface area contributed by atoms with E-state index in [2.05, 4.69) is 4.98 Å². The van der Waals surface area contributed by atoms with E-state index < -0.39 is 5.60 Å². The average molecular weight is 330 g/mol. The normalized spacial score (nSPS) is 22.7. The van der Waals surface area contributed by atoms with Crippen molar-refractivity contribution in [2.24, 2.45) is 0 Å². The molecule has 0 N–H and O–H groups in total. The molecule has 1 aromatic heterocycles. The number of hydrogen-bond donors (Lipinski definition) is 0. The van der Waals surface area contributed by atoms with Gasteiger partial charge in [-0.1, -0.05) is 0 Å². The third-order valence-electron chi connectivity index (χ3n) is 5.37. The zero-order valence-electron chi connectivity index (χ0n) is 13.7. The van der Waals surface area contributed by atoms with Crippen LogP contribution in [-0.4, -0.2) is 53.0 Å². The van der Waals surface area contributed by atoms with Gasteiger partial charge in [-0.3, -0.25) is 9.59 Å². The number of likely N-dealkylation sites (tertiary alicyclic amines) is 1. The van der Waals surface area contributed by atoms with Gasteiger partial charge in [0.15, 0.2) is 5.78 Å². The van der Waals surface area contributed by atoms with E-state index in [4.69, 9.17) is 9.47 Å². The first kappa shape index (κ1) is 15.6. The topological polar surface area (TPSA) is 68.7 Å². The fraction of sp³-hybridized carbons (Fsp3) is 0.611. The summed E-state index contributed by atoms with van der Waals surface area (Å²) in [6.07, 6.45) is 6.91. The number of nitrogens with zero attached hydrogens (tertiary/aromatic N) is 2. The number of ketones is 1. The van der Waals surface area contributed by atoms with Gasteiger partial charge in [-0.2, -0.15) is 0 Å². The second kappa shape index (κ2) is 6.16. The largest absolute Gasteiger partial charge is 0.484 e. The lowest BCUT2D eigenvalue weighted by atomic mass is 9.83. The molecule has 1 amide bonds. The fourth-order valence-electron chi connectivity index (χ4n) is 3.59. The molecule has 0 bridgehead atoms. The quantitative estimate of drug-likeness (QED) is 0.847. The molecule has 6 nitrogen and oxygen atoms in total. The van der Waals surface area contributed by atoms with E-state index in [9.17, 15) is 9.59 Å². The molecular formula is C18H22N2O4. The van der Waals surface area contributed by atoms with Crippen molar-refractivity contribution in [1.29, 1.82) is 0 Å². The number of rotatable bonds is 3. The van der Waals surface area contributed by atoms with Crippen LogP contribution in [0.25, 0.3) is 0 Å². The minimum Gasteiger partial charge on any atom is -0.484 e. The van der Waals surface area contributed by atoms with Gasteiger partial charge in [0, 0.05) is 32.1 Å². The molecule has 2 aliphatic heterocycles. The Morgan fingerprint density at radius 2 is 2.17 bits per heavy atom. The highest BCUT2D eigenvalue weighted by atomic mass is 16.5. The van der Waals surface area contributed by atoms with E-state index in [0.29, 0.717) is 43.8 Å². The Hall–Kier alpha value is -1.95. The maximum Gasteiger partial charge on any atom is 0.248 e. The molecule has 24 heavy (non-hydrogen) atoms. The molecule has 4 rings (SSSR count). The summed E-state index contributed by atoms with van der Waals surface area (Å²) in [6.45, 7) is 1.38. The Balaban J connectivity index is 1.35. The Bertz CT molecular complexity index is 648. The predicted molar refractivity (Wildman–Crippen MR) is 85.9 cm³/mol. The summed E-state index contributed by atoms with van der Waals surface area (Å²) in [4.78, 5) is 30.6. The van der Waals surface area contributed by atoms with Gasteiger partial charge in [0.25, 0.3) is 0 Å². The second-order valence-corrected chi connectivity index (χ2v) is 6.98. The average Bonchev–Trinajstić information content (AvgIpc) is 2.54. The lowest BCUT2D eigenvalue weighted by molar-refractivity contribution is -0.143. The summed E-state index contributed by atoms with van der Waals surface area (Å²) in [5.41, 5.74) is -0.0610.